The predicted molar refractivity (Wildman–Crippen MR) is 92.7 cm³/mol. The van der Waals surface area contributed by atoms with Gasteiger partial charge in [0.15, 0.2) is 11.0 Å². The summed E-state index contributed by atoms with van der Waals surface area (Å²) in [6, 6.07) is 2.50. The second-order valence-electron chi connectivity index (χ2n) is 6.50. The first-order valence-electron chi connectivity index (χ1n) is 8.50. The van der Waals surface area contributed by atoms with Crippen LogP contribution in [-0.2, 0) is 19.0 Å². The van der Waals surface area contributed by atoms with Gasteiger partial charge < -0.3 is 9.80 Å². The van der Waals surface area contributed by atoms with Crippen LogP contribution in [0, 0.1) is 0 Å². The summed E-state index contributed by atoms with van der Waals surface area (Å²) in [5, 5.41) is 8.87. The van der Waals surface area contributed by atoms with E-state index in [0.717, 1.165) is 42.9 Å². The molecule has 0 N–H and O–H groups in total. The second-order valence-corrected chi connectivity index (χ2v) is 6.86. The minimum atomic E-state index is -4.36. The molecule has 5 nitrogen and oxygen atoms in total. The molecule has 0 amide bonds. The summed E-state index contributed by atoms with van der Waals surface area (Å²) in [4.78, 5) is 8.14. The number of hydrogen-bond acceptors (Lipinski definition) is 5. The van der Waals surface area contributed by atoms with Crippen molar-refractivity contribution < 1.29 is 13.2 Å². The fourth-order valence-electron chi connectivity index (χ4n) is 3.57. The number of hydrogen-bond donors (Lipinski definition) is 0. The van der Waals surface area contributed by atoms with Crippen LogP contribution < -0.4 is 9.80 Å². The van der Waals surface area contributed by atoms with Gasteiger partial charge in [0.1, 0.15) is 5.82 Å². The summed E-state index contributed by atoms with van der Waals surface area (Å²) in [5.74, 6) is 1.45. The highest BCUT2D eigenvalue weighted by atomic mass is 35.5. The average molecular weight is 384 g/mol. The van der Waals surface area contributed by atoms with Crippen LogP contribution in [0.3, 0.4) is 0 Å². The number of nitrogens with zero attached hydrogens (tertiary/aromatic N) is 5. The number of halogens is 4. The standard InChI is InChI=1S/C17H17ClF3N5/c18-15-12-2-1-3-13(12)16(24-23-15)26-8-6-25(7-9-26)14-5-4-11(10-22-14)17(19,20)21/h4-5,10H,1-3,6-9H2. The summed E-state index contributed by atoms with van der Waals surface area (Å²) in [6.07, 6.45) is -0.519. The molecule has 1 fully saturated rings. The Morgan fingerprint density at radius 2 is 1.62 bits per heavy atom. The van der Waals surface area contributed by atoms with Crippen LogP contribution in [0.5, 0.6) is 0 Å². The minimum Gasteiger partial charge on any atom is -0.353 e. The highest BCUT2D eigenvalue weighted by Crippen LogP contribution is 2.34. The number of piperazine rings is 1. The number of aromatic nitrogens is 3. The van der Waals surface area contributed by atoms with Crippen LogP contribution in [0.1, 0.15) is 23.1 Å². The van der Waals surface area contributed by atoms with Crippen molar-refractivity contribution >= 4 is 23.2 Å². The number of anilines is 2. The lowest BCUT2D eigenvalue weighted by atomic mass is 10.1. The first kappa shape index (κ1) is 17.3. The molecule has 0 bridgehead atoms. The largest absolute Gasteiger partial charge is 0.417 e. The van der Waals surface area contributed by atoms with E-state index < -0.39 is 11.7 Å². The third-order valence-electron chi connectivity index (χ3n) is 4.95. The van der Waals surface area contributed by atoms with Crippen molar-refractivity contribution in [3.63, 3.8) is 0 Å². The third kappa shape index (κ3) is 3.18. The van der Waals surface area contributed by atoms with Crippen molar-refractivity contribution in [1.82, 2.24) is 15.2 Å². The van der Waals surface area contributed by atoms with Crippen LogP contribution in [-0.4, -0.2) is 41.4 Å². The maximum absolute atomic E-state index is 12.7. The van der Waals surface area contributed by atoms with E-state index in [2.05, 4.69) is 20.1 Å². The molecule has 1 aliphatic heterocycles. The quantitative estimate of drug-likeness (QED) is 0.795. The summed E-state index contributed by atoms with van der Waals surface area (Å²) in [7, 11) is 0. The van der Waals surface area contributed by atoms with Gasteiger partial charge in [-0.25, -0.2) is 4.98 Å². The van der Waals surface area contributed by atoms with Crippen molar-refractivity contribution in [3.05, 3.63) is 40.2 Å². The molecule has 0 saturated carbocycles. The molecule has 0 radical (unpaired) electrons. The zero-order valence-electron chi connectivity index (χ0n) is 13.9. The molecule has 1 saturated heterocycles. The molecule has 2 aromatic heterocycles. The molecule has 4 rings (SSSR count). The van der Waals surface area contributed by atoms with Crippen LogP contribution in [0.4, 0.5) is 24.8 Å². The SMILES string of the molecule is FC(F)(F)c1ccc(N2CCN(c3nnc(Cl)c4c3CCC4)CC2)nc1. The van der Waals surface area contributed by atoms with Crippen molar-refractivity contribution in [3.8, 4) is 0 Å². The molecule has 138 valence electrons. The highest BCUT2D eigenvalue weighted by molar-refractivity contribution is 6.30. The second kappa shape index (κ2) is 6.57. The first-order valence-corrected chi connectivity index (χ1v) is 8.88. The van der Waals surface area contributed by atoms with E-state index in [1.807, 2.05) is 4.90 Å². The molecule has 2 aliphatic rings. The van der Waals surface area contributed by atoms with Gasteiger partial charge in [0, 0.05) is 37.9 Å². The summed E-state index contributed by atoms with van der Waals surface area (Å²) in [5.41, 5.74) is 1.56. The average Bonchev–Trinajstić information content (AvgIpc) is 3.12. The summed E-state index contributed by atoms with van der Waals surface area (Å²) in [6.45, 7) is 2.76. The number of fused-ring (bicyclic) bond motifs is 1. The molecule has 0 spiro atoms. The van der Waals surface area contributed by atoms with E-state index in [4.69, 9.17) is 11.6 Å². The zero-order valence-corrected chi connectivity index (χ0v) is 14.7. The Hall–Kier alpha value is -2.09. The Labute approximate surface area is 153 Å². The van der Waals surface area contributed by atoms with Crippen LogP contribution in [0.15, 0.2) is 18.3 Å². The van der Waals surface area contributed by atoms with Gasteiger partial charge in [-0.3, -0.25) is 0 Å². The smallest absolute Gasteiger partial charge is 0.353 e. The highest BCUT2D eigenvalue weighted by Gasteiger charge is 2.31. The molecule has 3 heterocycles. The van der Waals surface area contributed by atoms with E-state index >= 15 is 0 Å². The Morgan fingerprint density at radius 3 is 2.27 bits per heavy atom. The Bertz CT molecular complexity index is 801. The molecular formula is C17H17ClF3N5. The maximum Gasteiger partial charge on any atom is 0.417 e. The predicted octanol–water partition coefficient (Wildman–Crippen LogP) is 3.36. The van der Waals surface area contributed by atoms with Gasteiger partial charge >= 0.3 is 6.18 Å². The molecule has 9 heteroatoms. The molecule has 0 atom stereocenters. The molecule has 0 aromatic carbocycles. The lowest BCUT2D eigenvalue weighted by Gasteiger charge is -2.36. The van der Waals surface area contributed by atoms with Gasteiger partial charge in [-0.15, -0.1) is 10.2 Å². The van der Waals surface area contributed by atoms with Crippen molar-refractivity contribution in [2.24, 2.45) is 0 Å². The normalized spacial score (nSPS) is 17.5. The number of pyridine rings is 1. The first-order chi connectivity index (χ1) is 12.4. The molecule has 1 aliphatic carbocycles. The fourth-order valence-corrected chi connectivity index (χ4v) is 3.82. The molecule has 26 heavy (non-hydrogen) atoms. The molecule has 0 unspecified atom stereocenters. The fraction of sp³-hybridized carbons (Fsp3) is 0.471. The summed E-state index contributed by atoms with van der Waals surface area (Å²) >= 11 is 6.14. The van der Waals surface area contributed by atoms with Gasteiger partial charge in [0.25, 0.3) is 0 Å². The monoisotopic (exact) mass is 383 g/mol. The molecular weight excluding hydrogens is 367 g/mol. The maximum atomic E-state index is 12.7. The van der Waals surface area contributed by atoms with Crippen LogP contribution in [0.25, 0.3) is 0 Å². The van der Waals surface area contributed by atoms with Crippen molar-refractivity contribution in [2.75, 3.05) is 36.0 Å². The van der Waals surface area contributed by atoms with E-state index in [1.165, 1.54) is 11.6 Å². The summed E-state index contributed by atoms with van der Waals surface area (Å²) < 4.78 is 38.0. The van der Waals surface area contributed by atoms with E-state index in [1.54, 1.807) is 0 Å². The Morgan fingerprint density at radius 1 is 0.923 bits per heavy atom. The Kier molecular flexibility index (Phi) is 4.38. The van der Waals surface area contributed by atoms with E-state index in [-0.39, 0.29) is 0 Å². The van der Waals surface area contributed by atoms with Gasteiger partial charge in [-0.2, -0.15) is 13.2 Å². The van der Waals surface area contributed by atoms with Crippen LogP contribution >= 0.6 is 11.6 Å². The van der Waals surface area contributed by atoms with Crippen molar-refractivity contribution in [2.45, 2.75) is 25.4 Å². The number of alkyl halides is 3. The van der Waals surface area contributed by atoms with Gasteiger partial charge in [0.05, 0.1) is 5.56 Å². The topological polar surface area (TPSA) is 45.2 Å². The zero-order chi connectivity index (χ0) is 18.3. The van der Waals surface area contributed by atoms with E-state index in [9.17, 15) is 13.2 Å². The van der Waals surface area contributed by atoms with Gasteiger partial charge in [-0.05, 0) is 37.0 Å². The lowest BCUT2D eigenvalue weighted by Crippen LogP contribution is -2.47. The third-order valence-corrected chi connectivity index (χ3v) is 5.25. The number of rotatable bonds is 2. The van der Waals surface area contributed by atoms with E-state index in [0.29, 0.717) is 37.1 Å². The minimum absolute atomic E-state index is 0.494. The van der Waals surface area contributed by atoms with Gasteiger partial charge in [-0.1, -0.05) is 11.6 Å². The van der Waals surface area contributed by atoms with Crippen LogP contribution in [0.2, 0.25) is 5.15 Å². The molecule has 2 aromatic rings. The lowest BCUT2D eigenvalue weighted by molar-refractivity contribution is -0.137. The van der Waals surface area contributed by atoms with Gasteiger partial charge in [0.2, 0.25) is 0 Å². The van der Waals surface area contributed by atoms with Crippen molar-refractivity contribution in [1.29, 1.82) is 0 Å². The Balaban J connectivity index is 1.46.